The lowest BCUT2D eigenvalue weighted by molar-refractivity contribution is -0.137. The summed E-state index contributed by atoms with van der Waals surface area (Å²) < 4.78 is 42.4. The molecule has 0 radical (unpaired) electrons. The third kappa shape index (κ3) is 5.37. The van der Waals surface area contributed by atoms with Gasteiger partial charge in [0.05, 0.1) is 11.7 Å². The third-order valence-electron chi connectivity index (χ3n) is 2.15. The zero-order valence-electron chi connectivity index (χ0n) is 10.00. The van der Waals surface area contributed by atoms with E-state index in [1.165, 1.54) is 12.1 Å². The molecule has 6 heteroatoms. The van der Waals surface area contributed by atoms with E-state index in [0.717, 1.165) is 12.1 Å². The van der Waals surface area contributed by atoms with Crippen LogP contribution in [-0.4, -0.2) is 30.9 Å². The molecule has 0 aliphatic heterocycles. The quantitative estimate of drug-likeness (QED) is 0.772. The van der Waals surface area contributed by atoms with Gasteiger partial charge in [0.2, 0.25) is 0 Å². The summed E-state index contributed by atoms with van der Waals surface area (Å²) in [4.78, 5) is 0. The Morgan fingerprint density at radius 1 is 1.39 bits per heavy atom. The van der Waals surface area contributed by atoms with Crippen molar-refractivity contribution in [2.45, 2.75) is 19.2 Å². The van der Waals surface area contributed by atoms with Crippen molar-refractivity contribution in [3.8, 4) is 5.75 Å². The zero-order valence-corrected chi connectivity index (χ0v) is 10.00. The van der Waals surface area contributed by atoms with E-state index in [1.54, 1.807) is 6.92 Å². The van der Waals surface area contributed by atoms with Crippen molar-refractivity contribution < 1.29 is 23.0 Å². The van der Waals surface area contributed by atoms with Crippen LogP contribution in [0.4, 0.5) is 13.2 Å². The molecule has 1 aromatic carbocycles. The minimum atomic E-state index is -4.36. The molecule has 0 aliphatic rings. The maximum Gasteiger partial charge on any atom is 0.416 e. The Morgan fingerprint density at radius 3 is 2.72 bits per heavy atom. The molecule has 0 spiro atoms. The van der Waals surface area contributed by atoms with Gasteiger partial charge in [0, 0.05) is 13.1 Å². The number of halogens is 3. The largest absolute Gasteiger partial charge is 0.492 e. The van der Waals surface area contributed by atoms with Crippen LogP contribution in [0.15, 0.2) is 24.3 Å². The number of ether oxygens (including phenoxy) is 1. The van der Waals surface area contributed by atoms with Crippen LogP contribution >= 0.6 is 0 Å². The molecule has 0 aliphatic carbocycles. The van der Waals surface area contributed by atoms with Gasteiger partial charge in [0.1, 0.15) is 12.4 Å². The molecule has 0 saturated carbocycles. The number of benzene rings is 1. The van der Waals surface area contributed by atoms with E-state index >= 15 is 0 Å². The monoisotopic (exact) mass is 263 g/mol. The Hall–Kier alpha value is -1.27. The van der Waals surface area contributed by atoms with E-state index in [1.807, 2.05) is 0 Å². The lowest BCUT2D eigenvalue weighted by atomic mass is 10.2. The Labute approximate surface area is 104 Å². The molecular weight excluding hydrogens is 247 g/mol. The molecule has 0 fully saturated rings. The van der Waals surface area contributed by atoms with Gasteiger partial charge in [-0.05, 0) is 25.1 Å². The average Bonchev–Trinajstić information content (AvgIpc) is 2.27. The van der Waals surface area contributed by atoms with E-state index < -0.39 is 17.8 Å². The standard InChI is InChI=1S/C12H16F3NO2/c1-9(17)8-16-5-6-18-11-4-2-3-10(7-11)12(13,14)15/h2-4,7,9,16-17H,5-6,8H2,1H3/t9-/m0/s1. The molecule has 3 nitrogen and oxygen atoms in total. The van der Waals surface area contributed by atoms with Crippen molar-refractivity contribution in [3.63, 3.8) is 0 Å². The van der Waals surface area contributed by atoms with Crippen LogP contribution in [0.5, 0.6) is 5.75 Å². The molecule has 2 N–H and O–H groups in total. The Bertz CT molecular complexity index is 367. The topological polar surface area (TPSA) is 41.5 Å². The van der Waals surface area contributed by atoms with E-state index in [0.29, 0.717) is 13.1 Å². The molecule has 0 saturated heterocycles. The van der Waals surface area contributed by atoms with Gasteiger partial charge in [-0.1, -0.05) is 6.07 Å². The van der Waals surface area contributed by atoms with Gasteiger partial charge in [0.25, 0.3) is 0 Å². The van der Waals surface area contributed by atoms with Crippen molar-refractivity contribution in [1.29, 1.82) is 0 Å². The van der Waals surface area contributed by atoms with Crippen LogP contribution < -0.4 is 10.1 Å². The molecule has 102 valence electrons. The second-order valence-corrected chi connectivity index (χ2v) is 3.93. The van der Waals surface area contributed by atoms with Crippen LogP contribution in [0, 0.1) is 0 Å². The number of alkyl halides is 3. The van der Waals surface area contributed by atoms with Crippen LogP contribution in [0.25, 0.3) is 0 Å². The summed E-state index contributed by atoms with van der Waals surface area (Å²) in [7, 11) is 0. The summed E-state index contributed by atoms with van der Waals surface area (Å²) in [6.45, 7) is 2.77. The summed E-state index contributed by atoms with van der Waals surface area (Å²) >= 11 is 0. The average molecular weight is 263 g/mol. The zero-order chi connectivity index (χ0) is 13.6. The number of hydrogen-bond acceptors (Lipinski definition) is 3. The first-order chi connectivity index (χ1) is 8.39. The molecule has 1 rings (SSSR count). The van der Waals surface area contributed by atoms with E-state index in [-0.39, 0.29) is 12.4 Å². The highest BCUT2D eigenvalue weighted by atomic mass is 19.4. The van der Waals surface area contributed by atoms with Gasteiger partial charge < -0.3 is 15.2 Å². The molecule has 0 heterocycles. The summed E-state index contributed by atoms with van der Waals surface area (Å²) in [6.07, 6.45) is -4.82. The fraction of sp³-hybridized carbons (Fsp3) is 0.500. The minimum Gasteiger partial charge on any atom is -0.492 e. The fourth-order valence-electron chi connectivity index (χ4n) is 1.31. The highest BCUT2D eigenvalue weighted by Crippen LogP contribution is 2.31. The Morgan fingerprint density at radius 2 is 2.11 bits per heavy atom. The van der Waals surface area contributed by atoms with Crippen LogP contribution in [0.2, 0.25) is 0 Å². The molecule has 0 bridgehead atoms. The maximum atomic E-state index is 12.4. The first kappa shape index (κ1) is 14.8. The first-order valence-corrected chi connectivity index (χ1v) is 5.58. The predicted octanol–water partition coefficient (Wildman–Crippen LogP) is 2.05. The minimum absolute atomic E-state index is 0.184. The maximum absolute atomic E-state index is 12.4. The summed E-state index contributed by atoms with van der Waals surface area (Å²) in [5.41, 5.74) is -0.725. The van der Waals surface area contributed by atoms with Gasteiger partial charge in [-0.3, -0.25) is 0 Å². The lowest BCUT2D eigenvalue weighted by Crippen LogP contribution is -2.28. The highest BCUT2D eigenvalue weighted by molar-refractivity contribution is 5.30. The summed E-state index contributed by atoms with van der Waals surface area (Å²) in [6, 6.07) is 4.75. The fourth-order valence-corrected chi connectivity index (χ4v) is 1.31. The first-order valence-electron chi connectivity index (χ1n) is 5.58. The van der Waals surface area contributed by atoms with Crippen molar-refractivity contribution in [2.75, 3.05) is 19.7 Å². The molecule has 0 unspecified atom stereocenters. The van der Waals surface area contributed by atoms with E-state index in [2.05, 4.69) is 5.32 Å². The lowest BCUT2D eigenvalue weighted by Gasteiger charge is -2.11. The Balaban J connectivity index is 2.39. The van der Waals surface area contributed by atoms with Crippen LogP contribution in [0.1, 0.15) is 12.5 Å². The third-order valence-corrected chi connectivity index (χ3v) is 2.15. The molecule has 18 heavy (non-hydrogen) atoms. The molecule has 0 amide bonds. The van der Waals surface area contributed by atoms with Crippen LogP contribution in [-0.2, 0) is 6.18 Å². The second-order valence-electron chi connectivity index (χ2n) is 3.93. The second kappa shape index (κ2) is 6.61. The number of nitrogens with one attached hydrogen (secondary N) is 1. The molecule has 0 aromatic heterocycles. The SMILES string of the molecule is C[C@H](O)CNCCOc1cccc(C(F)(F)F)c1. The molecule has 1 atom stereocenters. The van der Waals surface area contributed by atoms with Crippen molar-refractivity contribution in [1.82, 2.24) is 5.32 Å². The number of aliphatic hydroxyl groups is 1. The van der Waals surface area contributed by atoms with Gasteiger partial charge in [-0.15, -0.1) is 0 Å². The van der Waals surface area contributed by atoms with E-state index in [4.69, 9.17) is 9.84 Å². The summed E-state index contributed by atoms with van der Waals surface area (Å²) in [5.74, 6) is 0.184. The van der Waals surface area contributed by atoms with Gasteiger partial charge in [-0.2, -0.15) is 13.2 Å². The van der Waals surface area contributed by atoms with Crippen molar-refractivity contribution in [2.24, 2.45) is 0 Å². The number of aliphatic hydroxyl groups excluding tert-OH is 1. The summed E-state index contributed by atoms with van der Waals surface area (Å²) in [5, 5.41) is 11.9. The van der Waals surface area contributed by atoms with Crippen molar-refractivity contribution in [3.05, 3.63) is 29.8 Å². The normalized spacial score (nSPS) is 13.4. The van der Waals surface area contributed by atoms with Gasteiger partial charge in [-0.25, -0.2) is 0 Å². The van der Waals surface area contributed by atoms with Gasteiger partial charge in [0.15, 0.2) is 0 Å². The predicted molar refractivity (Wildman–Crippen MR) is 61.5 cm³/mol. The van der Waals surface area contributed by atoms with Crippen LogP contribution in [0.3, 0.4) is 0 Å². The van der Waals surface area contributed by atoms with E-state index in [9.17, 15) is 13.2 Å². The Kier molecular flexibility index (Phi) is 5.43. The number of rotatable bonds is 6. The molecule has 1 aromatic rings. The molecular formula is C12H16F3NO2. The number of hydrogen-bond donors (Lipinski definition) is 2. The smallest absolute Gasteiger partial charge is 0.416 e. The highest BCUT2D eigenvalue weighted by Gasteiger charge is 2.30. The van der Waals surface area contributed by atoms with Crippen molar-refractivity contribution >= 4 is 0 Å². The van der Waals surface area contributed by atoms with Gasteiger partial charge >= 0.3 is 6.18 Å².